The molecular weight excluding hydrogens is 359 g/mol. The van der Waals surface area contributed by atoms with E-state index < -0.39 is 12.7 Å². The molecular formula is C15H25ClF3N5O. The molecule has 2 heterocycles. The van der Waals surface area contributed by atoms with Gasteiger partial charge in [0, 0.05) is 43.9 Å². The first kappa shape index (κ1) is 21.7. The largest absolute Gasteiger partial charge is 0.408 e. The molecule has 1 fully saturated rings. The zero-order chi connectivity index (χ0) is 17.6. The Kier molecular flexibility index (Phi) is 8.67. The highest BCUT2D eigenvalue weighted by Gasteiger charge is 2.29. The molecule has 1 aromatic heterocycles. The van der Waals surface area contributed by atoms with Crippen LogP contribution in [0.5, 0.6) is 0 Å². The van der Waals surface area contributed by atoms with Gasteiger partial charge in [-0.05, 0) is 19.4 Å². The van der Waals surface area contributed by atoms with Crippen LogP contribution in [0.25, 0.3) is 0 Å². The van der Waals surface area contributed by atoms with E-state index >= 15 is 0 Å². The van der Waals surface area contributed by atoms with Gasteiger partial charge in [-0.25, -0.2) is 0 Å². The summed E-state index contributed by atoms with van der Waals surface area (Å²) in [5.41, 5.74) is 6.10. The Morgan fingerprint density at radius 2 is 2.16 bits per heavy atom. The van der Waals surface area contributed by atoms with Crippen LogP contribution < -0.4 is 11.1 Å². The Morgan fingerprint density at radius 3 is 2.84 bits per heavy atom. The summed E-state index contributed by atoms with van der Waals surface area (Å²) < 4.78 is 38.1. The Bertz CT molecular complexity index is 537. The number of halogens is 4. The van der Waals surface area contributed by atoms with E-state index in [0.29, 0.717) is 26.1 Å². The lowest BCUT2D eigenvalue weighted by atomic mass is 10.0. The van der Waals surface area contributed by atoms with Gasteiger partial charge < -0.3 is 11.1 Å². The van der Waals surface area contributed by atoms with Gasteiger partial charge >= 0.3 is 6.18 Å². The highest BCUT2D eigenvalue weighted by molar-refractivity contribution is 5.85. The fourth-order valence-corrected chi connectivity index (χ4v) is 2.94. The highest BCUT2D eigenvalue weighted by atomic mass is 35.5. The zero-order valence-corrected chi connectivity index (χ0v) is 14.8. The minimum absolute atomic E-state index is 0. The number of hydrogen-bond donors (Lipinski definition) is 2. The van der Waals surface area contributed by atoms with Gasteiger partial charge in [0.2, 0.25) is 5.91 Å². The van der Waals surface area contributed by atoms with Crippen LogP contribution in [0.4, 0.5) is 13.2 Å². The number of likely N-dealkylation sites (tertiary alicyclic amines) is 1. The molecule has 25 heavy (non-hydrogen) atoms. The number of nitrogens with zero attached hydrogens (tertiary/aromatic N) is 3. The average Bonchev–Trinajstić information content (AvgIpc) is 2.91. The summed E-state index contributed by atoms with van der Waals surface area (Å²) in [5, 5.41) is 6.65. The molecule has 0 aliphatic carbocycles. The molecule has 0 saturated carbocycles. The number of carbonyl (C=O) groups is 1. The lowest BCUT2D eigenvalue weighted by Crippen LogP contribution is -2.46. The fourth-order valence-electron chi connectivity index (χ4n) is 2.94. The molecule has 1 aliphatic heterocycles. The van der Waals surface area contributed by atoms with Crippen LogP contribution in [-0.2, 0) is 17.9 Å². The molecule has 10 heteroatoms. The molecule has 144 valence electrons. The first-order chi connectivity index (χ1) is 11.4. The molecule has 2 rings (SSSR count). The molecule has 1 saturated heterocycles. The SMILES string of the molecule is Cl.NCCC(=O)NCC1CCCCN1Cc1cnn(CC(F)(F)F)c1. The van der Waals surface area contributed by atoms with Crippen molar-refractivity contribution in [3.05, 3.63) is 18.0 Å². The van der Waals surface area contributed by atoms with Crippen LogP contribution in [-0.4, -0.2) is 52.4 Å². The maximum absolute atomic E-state index is 12.4. The van der Waals surface area contributed by atoms with Crippen LogP contribution in [0.3, 0.4) is 0 Å². The Hall–Kier alpha value is -1.32. The predicted molar refractivity (Wildman–Crippen MR) is 90.3 cm³/mol. The molecule has 0 bridgehead atoms. The van der Waals surface area contributed by atoms with Gasteiger partial charge in [0.25, 0.3) is 0 Å². The molecule has 3 N–H and O–H groups in total. The van der Waals surface area contributed by atoms with E-state index in [-0.39, 0.29) is 24.4 Å². The number of nitrogens with one attached hydrogen (secondary N) is 1. The van der Waals surface area contributed by atoms with E-state index in [1.807, 2.05) is 0 Å². The highest BCUT2D eigenvalue weighted by Crippen LogP contribution is 2.20. The predicted octanol–water partition coefficient (Wildman–Crippen LogP) is 1.69. The van der Waals surface area contributed by atoms with Gasteiger partial charge in [-0.1, -0.05) is 6.42 Å². The van der Waals surface area contributed by atoms with Gasteiger partial charge in [-0.3, -0.25) is 14.4 Å². The maximum atomic E-state index is 12.4. The Balaban J connectivity index is 0.00000312. The number of rotatable bonds is 7. The first-order valence-electron chi connectivity index (χ1n) is 8.16. The van der Waals surface area contributed by atoms with Crippen molar-refractivity contribution in [1.82, 2.24) is 20.0 Å². The van der Waals surface area contributed by atoms with E-state index in [4.69, 9.17) is 5.73 Å². The summed E-state index contributed by atoms with van der Waals surface area (Å²) in [6.07, 6.45) is 2.03. The monoisotopic (exact) mass is 383 g/mol. The van der Waals surface area contributed by atoms with Crippen molar-refractivity contribution in [1.29, 1.82) is 0 Å². The van der Waals surface area contributed by atoms with Gasteiger partial charge in [-0.15, -0.1) is 12.4 Å². The molecule has 0 radical (unpaired) electrons. The molecule has 6 nitrogen and oxygen atoms in total. The van der Waals surface area contributed by atoms with E-state index in [9.17, 15) is 18.0 Å². The Morgan fingerprint density at radius 1 is 1.40 bits per heavy atom. The minimum Gasteiger partial charge on any atom is -0.354 e. The summed E-state index contributed by atoms with van der Waals surface area (Å²) in [7, 11) is 0. The van der Waals surface area contributed by atoms with Crippen LogP contribution in [0.15, 0.2) is 12.4 Å². The van der Waals surface area contributed by atoms with Crippen LogP contribution in [0.2, 0.25) is 0 Å². The van der Waals surface area contributed by atoms with E-state index in [1.54, 1.807) is 0 Å². The van der Waals surface area contributed by atoms with Crippen molar-refractivity contribution in [2.75, 3.05) is 19.6 Å². The van der Waals surface area contributed by atoms with E-state index in [1.165, 1.54) is 12.4 Å². The zero-order valence-electron chi connectivity index (χ0n) is 14.0. The minimum atomic E-state index is -4.27. The molecule has 1 aromatic rings. The summed E-state index contributed by atoms with van der Waals surface area (Å²) in [5.74, 6) is -0.0685. The second kappa shape index (κ2) is 9.98. The maximum Gasteiger partial charge on any atom is 0.408 e. The average molecular weight is 384 g/mol. The Labute approximate surface area is 151 Å². The number of alkyl halides is 3. The van der Waals surface area contributed by atoms with Crippen molar-refractivity contribution >= 4 is 18.3 Å². The van der Waals surface area contributed by atoms with Crippen molar-refractivity contribution in [2.24, 2.45) is 5.73 Å². The van der Waals surface area contributed by atoms with Crippen molar-refractivity contribution in [3.63, 3.8) is 0 Å². The first-order valence-corrected chi connectivity index (χ1v) is 8.16. The number of amides is 1. The topological polar surface area (TPSA) is 76.2 Å². The van der Waals surface area contributed by atoms with Gasteiger partial charge in [0.15, 0.2) is 0 Å². The van der Waals surface area contributed by atoms with Crippen molar-refractivity contribution in [3.8, 4) is 0 Å². The number of hydrogen-bond acceptors (Lipinski definition) is 4. The third kappa shape index (κ3) is 7.62. The summed E-state index contributed by atoms with van der Waals surface area (Å²) >= 11 is 0. The van der Waals surface area contributed by atoms with E-state index in [2.05, 4.69) is 15.3 Å². The molecule has 0 aromatic carbocycles. The third-order valence-electron chi connectivity index (χ3n) is 4.07. The van der Waals surface area contributed by atoms with Crippen LogP contribution in [0, 0.1) is 0 Å². The van der Waals surface area contributed by atoms with Gasteiger partial charge in [0.1, 0.15) is 6.54 Å². The lowest BCUT2D eigenvalue weighted by molar-refractivity contribution is -0.142. The number of carbonyl (C=O) groups excluding carboxylic acids is 1. The number of nitrogens with two attached hydrogens (primary N) is 1. The molecule has 0 spiro atoms. The third-order valence-corrected chi connectivity index (χ3v) is 4.07. The van der Waals surface area contributed by atoms with Crippen LogP contribution >= 0.6 is 12.4 Å². The second-order valence-electron chi connectivity index (χ2n) is 6.12. The quantitative estimate of drug-likeness (QED) is 0.751. The van der Waals surface area contributed by atoms with Crippen molar-refractivity contribution in [2.45, 2.75) is 51.0 Å². The normalized spacial score (nSPS) is 18.6. The summed E-state index contributed by atoms with van der Waals surface area (Å²) in [4.78, 5) is 13.8. The van der Waals surface area contributed by atoms with E-state index in [0.717, 1.165) is 36.1 Å². The summed E-state index contributed by atoms with van der Waals surface area (Å²) in [6.45, 7) is 1.18. The number of piperidine rings is 1. The summed E-state index contributed by atoms with van der Waals surface area (Å²) in [6, 6.07) is 0.187. The molecule has 1 atom stereocenters. The molecule has 1 unspecified atom stereocenters. The smallest absolute Gasteiger partial charge is 0.354 e. The van der Waals surface area contributed by atoms with Gasteiger partial charge in [-0.2, -0.15) is 18.3 Å². The lowest BCUT2D eigenvalue weighted by Gasteiger charge is -2.35. The van der Waals surface area contributed by atoms with Crippen LogP contribution in [0.1, 0.15) is 31.2 Å². The van der Waals surface area contributed by atoms with Crippen molar-refractivity contribution < 1.29 is 18.0 Å². The molecule has 1 aliphatic rings. The second-order valence-corrected chi connectivity index (χ2v) is 6.12. The number of aromatic nitrogens is 2. The fraction of sp³-hybridized carbons (Fsp3) is 0.733. The molecule has 1 amide bonds. The standard InChI is InChI=1S/C15H24F3N5O.ClH/c16-15(17,18)11-23-10-12(7-21-23)9-22-6-2-1-3-13(22)8-20-14(24)4-5-19;/h7,10,13H,1-6,8-9,11,19H2,(H,20,24);1H. The van der Waals surface area contributed by atoms with Gasteiger partial charge in [0.05, 0.1) is 6.20 Å².